The summed E-state index contributed by atoms with van der Waals surface area (Å²) >= 11 is 6.32. The van der Waals surface area contributed by atoms with Crippen molar-refractivity contribution in [2.75, 3.05) is 5.32 Å². The second-order valence-corrected chi connectivity index (χ2v) is 8.20. The third-order valence-electron chi connectivity index (χ3n) is 5.49. The number of hydrogen-bond donors (Lipinski definition) is 1. The molecule has 5 rings (SSSR count). The van der Waals surface area contributed by atoms with E-state index in [-0.39, 0.29) is 11.4 Å². The molecule has 3 aromatic carbocycles. The van der Waals surface area contributed by atoms with Gasteiger partial charge in [-0.3, -0.25) is 14.9 Å². The fourth-order valence-electron chi connectivity index (χ4n) is 3.64. The maximum absolute atomic E-state index is 12.8. The van der Waals surface area contributed by atoms with E-state index in [9.17, 15) is 14.9 Å². The minimum absolute atomic E-state index is 0.0296. The van der Waals surface area contributed by atoms with Gasteiger partial charge in [-0.05, 0) is 54.4 Å². The van der Waals surface area contributed by atoms with Gasteiger partial charge in [0.25, 0.3) is 11.6 Å². The highest BCUT2D eigenvalue weighted by Crippen LogP contribution is 2.32. The first-order chi connectivity index (χ1) is 16.9. The van der Waals surface area contributed by atoms with E-state index in [1.54, 1.807) is 36.4 Å². The van der Waals surface area contributed by atoms with E-state index in [1.165, 1.54) is 18.2 Å². The van der Waals surface area contributed by atoms with E-state index < -0.39 is 10.8 Å². The van der Waals surface area contributed by atoms with Gasteiger partial charge >= 0.3 is 0 Å². The van der Waals surface area contributed by atoms with Gasteiger partial charge in [0.1, 0.15) is 11.3 Å². The van der Waals surface area contributed by atoms with Gasteiger partial charge in [0.2, 0.25) is 5.89 Å². The number of aromatic nitrogens is 1. The SMILES string of the molecule is CCc1ccc2oc(-c3ccc(Cl)c(NC(=O)c4ccc(-c5cccc([N+](=O)[O-])c5)o4)c3)nc2c1. The molecule has 35 heavy (non-hydrogen) atoms. The number of nitro groups is 1. The number of anilines is 1. The summed E-state index contributed by atoms with van der Waals surface area (Å²) in [7, 11) is 0. The van der Waals surface area contributed by atoms with Crippen molar-refractivity contribution in [2.24, 2.45) is 0 Å². The van der Waals surface area contributed by atoms with Gasteiger partial charge in [-0.15, -0.1) is 0 Å². The summed E-state index contributed by atoms with van der Waals surface area (Å²) < 4.78 is 11.5. The Morgan fingerprint density at radius 3 is 2.69 bits per heavy atom. The number of carbonyl (C=O) groups is 1. The number of benzene rings is 3. The number of halogens is 1. The molecule has 0 radical (unpaired) electrons. The Hall–Kier alpha value is -4.43. The maximum atomic E-state index is 12.8. The standard InChI is InChI=1S/C26H18ClN3O5/c1-2-15-6-9-23-21(12-15)29-26(35-23)17-7-8-19(27)20(14-17)28-25(31)24-11-10-22(34-24)16-4-3-5-18(13-16)30(32)33/h3-14H,2H2,1H3,(H,28,31). The minimum atomic E-state index is -0.522. The van der Waals surface area contributed by atoms with Crippen molar-refractivity contribution in [3.05, 3.63) is 99.3 Å². The van der Waals surface area contributed by atoms with Gasteiger partial charge < -0.3 is 14.2 Å². The largest absolute Gasteiger partial charge is 0.451 e. The zero-order valence-corrected chi connectivity index (χ0v) is 19.2. The number of nitro benzene ring substituents is 1. The average molecular weight is 488 g/mol. The first-order valence-corrected chi connectivity index (χ1v) is 11.1. The number of nitrogens with zero attached hydrogens (tertiary/aromatic N) is 2. The van der Waals surface area contributed by atoms with Crippen LogP contribution in [0.5, 0.6) is 0 Å². The number of hydrogen-bond acceptors (Lipinski definition) is 6. The lowest BCUT2D eigenvalue weighted by molar-refractivity contribution is -0.384. The van der Waals surface area contributed by atoms with Gasteiger partial charge in [0.05, 0.1) is 15.6 Å². The second kappa shape index (κ2) is 9.08. The van der Waals surface area contributed by atoms with Crippen LogP contribution < -0.4 is 5.32 Å². The molecular weight excluding hydrogens is 470 g/mol. The van der Waals surface area contributed by atoms with Crippen LogP contribution in [-0.2, 0) is 6.42 Å². The molecule has 0 aliphatic rings. The Morgan fingerprint density at radius 1 is 1.03 bits per heavy atom. The smallest absolute Gasteiger partial charge is 0.291 e. The fraction of sp³-hybridized carbons (Fsp3) is 0.0769. The van der Waals surface area contributed by atoms with E-state index in [0.29, 0.717) is 39.1 Å². The number of furan rings is 1. The van der Waals surface area contributed by atoms with Gasteiger partial charge in [0, 0.05) is 23.3 Å². The molecule has 0 aliphatic carbocycles. The van der Waals surface area contributed by atoms with Crippen LogP contribution in [0.15, 0.2) is 81.6 Å². The number of amides is 1. The van der Waals surface area contributed by atoms with Crippen molar-refractivity contribution in [1.82, 2.24) is 4.98 Å². The molecule has 9 heteroatoms. The average Bonchev–Trinajstić information content (AvgIpc) is 3.52. The van der Waals surface area contributed by atoms with Crippen LogP contribution in [0.25, 0.3) is 33.9 Å². The van der Waals surface area contributed by atoms with Crippen LogP contribution >= 0.6 is 11.6 Å². The number of nitrogens with one attached hydrogen (secondary N) is 1. The van der Waals surface area contributed by atoms with Gasteiger partial charge in [-0.1, -0.05) is 36.7 Å². The minimum Gasteiger partial charge on any atom is -0.451 e. The highest BCUT2D eigenvalue weighted by atomic mass is 35.5. The maximum Gasteiger partial charge on any atom is 0.291 e. The van der Waals surface area contributed by atoms with Crippen LogP contribution in [0, 0.1) is 10.1 Å². The van der Waals surface area contributed by atoms with Crippen LogP contribution in [0.2, 0.25) is 5.02 Å². The third-order valence-corrected chi connectivity index (χ3v) is 5.82. The molecular formula is C26H18ClN3O5. The Balaban J connectivity index is 1.39. The molecule has 5 aromatic rings. The lowest BCUT2D eigenvalue weighted by atomic mass is 10.1. The van der Waals surface area contributed by atoms with Gasteiger partial charge in [-0.25, -0.2) is 4.98 Å². The summed E-state index contributed by atoms with van der Waals surface area (Å²) in [5.41, 5.74) is 4.00. The van der Waals surface area contributed by atoms with E-state index in [2.05, 4.69) is 17.2 Å². The molecule has 0 unspecified atom stereocenters. The Labute approximate surface area is 204 Å². The normalized spacial score (nSPS) is 11.0. The number of non-ortho nitro benzene ring substituents is 1. The third kappa shape index (κ3) is 4.51. The number of fused-ring (bicyclic) bond motifs is 1. The van der Waals surface area contributed by atoms with E-state index in [1.807, 2.05) is 18.2 Å². The molecule has 0 fully saturated rings. The Bertz CT molecular complexity index is 1590. The van der Waals surface area contributed by atoms with Crippen molar-refractivity contribution in [3.8, 4) is 22.8 Å². The van der Waals surface area contributed by atoms with Gasteiger partial charge in [0.15, 0.2) is 11.3 Å². The molecule has 1 amide bonds. The Kier molecular flexibility index (Phi) is 5.80. The number of rotatable bonds is 6. The topological polar surface area (TPSA) is 111 Å². The van der Waals surface area contributed by atoms with Crippen LogP contribution in [0.3, 0.4) is 0 Å². The molecule has 1 N–H and O–H groups in total. The molecule has 0 saturated heterocycles. The monoisotopic (exact) mass is 487 g/mol. The molecule has 0 bridgehead atoms. The molecule has 2 aromatic heterocycles. The van der Waals surface area contributed by atoms with Crippen molar-refractivity contribution in [2.45, 2.75) is 13.3 Å². The molecule has 8 nitrogen and oxygen atoms in total. The summed E-state index contributed by atoms with van der Waals surface area (Å²) in [6.45, 7) is 2.07. The predicted octanol–water partition coefficient (Wildman–Crippen LogP) is 7.13. The van der Waals surface area contributed by atoms with Crippen molar-refractivity contribution in [3.63, 3.8) is 0 Å². The molecule has 0 spiro atoms. The van der Waals surface area contributed by atoms with Crippen LogP contribution in [0.4, 0.5) is 11.4 Å². The first kappa shape index (κ1) is 22.4. The van der Waals surface area contributed by atoms with Crippen LogP contribution in [-0.4, -0.2) is 15.8 Å². The highest BCUT2D eigenvalue weighted by Gasteiger charge is 2.17. The lowest BCUT2D eigenvalue weighted by Gasteiger charge is -2.07. The summed E-state index contributed by atoms with van der Waals surface area (Å²) in [5, 5.41) is 14.1. The molecule has 0 aliphatic heterocycles. The zero-order chi connectivity index (χ0) is 24.5. The van der Waals surface area contributed by atoms with Crippen LogP contribution in [0.1, 0.15) is 23.0 Å². The zero-order valence-electron chi connectivity index (χ0n) is 18.4. The summed E-state index contributed by atoms with van der Waals surface area (Å²) in [4.78, 5) is 27.9. The first-order valence-electron chi connectivity index (χ1n) is 10.8. The molecule has 2 heterocycles. The second-order valence-electron chi connectivity index (χ2n) is 7.79. The highest BCUT2D eigenvalue weighted by molar-refractivity contribution is 6.34. The summed E-state index contributed by atoms with van der Waals surface area (Å²) in [6.07, 6.45) is 0.894. The van der Waals surface area contributed by atoms with Crippen molar-refractivity contribution >= 4 is 40.0 Å². The number of carbonyl (C=O) groups excluding carboxylic acids is 1. The predicted molar refractivity (Wildman–Crippen MR) is 133 cm³/mol. The van der Waals surface area contributed by atoms with Gasteiger partial charge in [-0.2, -0.15) is 0 Å². The quantitative estimate of drug-likeness (QED) is 0.201. The fourth-order valence-corrected chi connectivity index (χ4v) is 3.81. The van der Waals surface area contributed by atoms with Crippen molar-refractivity contribution in [1.29, 1.82) is 0 Å². The number of aryl methyl sites for hydroxylation is 1. The molecule has 0 saturated carbocycles. The van der Waals surface area contributed by atoms with Crippen molar-refractivity contribution < 1.29 is 18.6 Å². The lowest BCUT2D eigenvalue weighted by Crippen LogP contribution is -2.11. The Morgan fingerprint density at radius 2 is 1.89 bits per heavy atom. The van der Waals surface area contributed by atoms with E-state index in [4.69, 9.17) is 20.4 Å². The summed E-state index contributed by atoms with van der Waals surface area (Å²) in [5.74, 6) is 0.246. The molecule has 0 atom stereocenters. The van der Waals surface area contributed by atoms with E-state index >= 15 is 0 Å². The van der Waals surface area contributed by atoms with E-state index in [0.717, 1.165) is 17.5 Å². The number of oxazole rings is 1. The molecule has 174 valence electrons. The summed E-state index contributed by atoms with van der Waals surface area (Å²) in [6, 6.07) is 20.0.